The first-order chi connectivity index (χ1) is 13.1. The molecule has 0 saturated heterocycles. The fourth-order valence-corrected chi connectivity index (χ4v) is 3.39. The van der Waals surface area contributed by atoms with E-state index in [1.165, 1.54) is 11.8 Å². The molecule has 1 amide bonds. The van der Waals surface area contributed by atoms with E-state index in [0.29, 0.717) is 17.1 Å². The van der Waals surface area contributed by atoms with Crippen LogP contribution in [0.1, 0.15) is 18.9 Å². The van der Waals surface area contributed by atoms with E-state index in [2.05, 4.69) is 20.5 Å². The third-order valence-corrected chi connectivity index (χ3v) is 5.28. The molecular formula is C20H20N4O2S. The number of carbonyl (C=O) groups excluding carboxylic acids is 1. The number of para-hydroxylation sites is 1. The zero-order valence-electron chi connectivity index (χ0n) is 15.1. The second-order valence-electron chi connectivity index (χ2n) is 5.99. The van der Waals surface area contributed by atoms with Gasteiger partial charge in [0.1, 0.15) is 0 Å². The third-order valence-electron chi connectivity index (χ3n) is 4.04. The number of anilines is 1. The van der Waals surface area contributed by atoms with Gasteiger partial charge in [0.15, 0.2) is 10.9 Å². The van der Waals surface area contributed by atoms with Crippen LogP contribution < -0.4 is 10.9 Å². The summed E-state index contributed by atoms with van der Waals surface area (Å²) in [5.41, 5.74) is 2.41. The molecule has 0 saturated carbocycles. The maximum Gasteiger partial charge on any atom is 0.278 e. The van der Waals surface area contributed by atoms with Gasteiger partial charge in [0.05, 0.1) is 5.25 Å². The molecule has 6 nitrogen and oxygen atoms in total. The van der Waals surface area contributed by atoms with Crippen molar-refractivity contribution >= 4 is 23.4 Å². The van der Waals surface area contributed by atoms with Crippen molar-refractivity contribution in [2.45, 2.75) is 30.7 Å². The standard InChI is InChI=1S/C20H20N4O2S/c1-3-16(18(25)21-15-12-8-7-9-13(15)2)27-20-22-19(26)17(23-24-20)14-10-5-4-6-11-14/h4-12,16H,3H2,1-2H3,(H,21,25)(H,22,24,26). The van der Waals surface area contributed by atoms with Crippen LogP contribution in [0.3, 0.4) is 0 Å². The molecule has 0 aliphatic heterocycles. The number of nitrogens with one attached hydrogen (secondary N) is 2. The molecule has 1 heterocycles. The molecule has 0 radical (unpaired) electrons. The summed E-state index contributed by atoms with van der Waals surface area (Å²) in [5, 5.41) is 11.0. The summed E-state index contributed by atoms with van der Waals surface area (Å²) >= 11 is 1.20. The van der Waals surface area contributed by atoms with Gasteiger partial charge in [0.25, 0.3) is 5.56 Å². The lowest BCUT2D eigenvalue weighted by molar-refractivity contribution is -0.115. The van der Waals surface area contributed by atoms with Crippen molar-refractivity contribution < 1.29 is 4.79 Å². The summed E-state index contributed by atoms with van der Waals surface area (Å²) in [4.78, 5) is 27.7. The van der Waals surface area contributed by atoms with Crippen LogP contribution in [0, 0.1) is 6.92 Å². The predicted octanol–water partition coefficient (Wildman–Crippen LogP) is 3.65. The Morgan fingerprint density at radius 2 is 1.81 bits per heavy atom. The fourth-order valence-electron chi connectivity index (χ4n) is 2.54. The molecule has 3 aromatic rings. The largest absolute Gasteiger partial charge is 0.325 e. The van der Waals surface area contributed by atoms with E-state index in [9.17, 15) is 9.59 Å². The lowest BCUT2D eigenvalue weighted by Gasteiger charge is -2.15. The number of amides is 1. The molecule has 1 aromatic heterocycles. The highest BCUT2D eigenvalue weighted by Gasteiger charge is 2.20. The number of nitrogens with zero attached hydrogens (tertiary/aromatic N) is 2. The molecular weight excluding hydrogens is 360 g/mol. The lowest BCUT2D eigenvalue weighted by atomic mass is 10.2. The molecule has 0 aliphatic carbocycles. The van der Waals surface area contributed by atoms with Crippen LogP contribution >= 0.6 is 11.8 Å². The normalized spacial score (nSPS) is 11.8. The Balaban J connectivity index is 1.75. The highest BCUT2D eigenvalue weighted by molar-refractivity contribution is 8.00. The van der Waals surface area contributed by atoms with Crippen molar-refractivity contribution in [2.75, 3.05) is 5.32 Å². The molecule has 1 unspecified atom stereocenters. The van der Waals surface area contributed by atoms with Gasteiger partial charge in [-0.15, -0.1) is 10.2 Å². The number of aryl methyl sites for hydroxylation is 1. The van der Waals surface area contributed by atoms with Crippen molar-refractivity contribution in [3.05, 3.63) is 70.5 Å². The van der Waals surface area contributed by atoms with Gasteiger partial charge in [0, 0.05) is 11.3 Å². The van der Waals surface area contributed by atoms with Gasteiger partial charge in [0.2, 0.25) is 5.91 Å². The summed E-state index contributed by atoms with van der Waals surface area (Å²) in [6.07, 6.45) is 0.590. The number of H-pyrrole nitrogens is 1. The lowest BCUT2D eigenvalue weighted by Crippen LogP contribution is -2.26. The molecule has 3 rings (SSSR count). The molecule has 138 valence electrons. The molecule has 1 atom stereocenters. The zero-order valence-corrected chi connectivity index (χ0v) is 15.9. The van der Waals surface area contributed by atoms with Crippen molar-refractivity contribution in [3.8, 4) is 11.3 Å². The van der Waals surface area contributed by atoms with E-state index in [1.54, 1.807) is 12.1 Å². The van der Waals surface area contributed by atoms with Crippen molar-refractivity contribution in [2.24, 2.45) is 0 Å². The molecule has 2 N–H and O–H groups in total. The molecule has 27 heavy (non-hydrogen) atoms. The molecule has 2 aromatic carbocycles. The Kier molecular flexibility index (Phi) is 6.03. The van der Waals surface area contributed by atoms with Gasteiger partial charge in [-0.25, -0.2) is 0 Å². The van der Waals surface area contributed by atoms with Crippen LogP contribution in [0.2, 0.25) is 0 Å². The summed E-state index contributed by atoms with van der Waals surface area (Å²) in [6.45, 7) is 3.86. The van der Waals surface area contributed by atoms with Gasteiger partial charge in [-0.1, -0.05) is 67.2 Å². The van der Waals surface area contributed by atoms with E-state index in [0.717, 1.165) is 11.3 Å². The molecule has 0 aliphatic rings. The number of hydrogen-bond donors (Lipinski definition) is 2. The molecule has 0 bridgehead atoms. The van der Waals surface area contributed by atoms with Crippen LogP contribution in [0.25, 0.3) is 11.3 Å². The maximum absolute atomic E-state index is 12.6. The quantitative estimate of drug-likeness (QED) is 0.637. The minimum Gasteiger partial charge on any atom is -0.325 e. The summed E-state index contributed by atoms with van der Waals surface area (Å²) < 4.78 is 0. The topological polar surface area (TPSA) is 87.7 Å². The van der Waals surface area contributed by atoms with Crippen molar-refractivity contribution in [1.82, 2.24) is 15.2 Å². The highest BCUT2D eigenvalue weighted by atomic mass is 32.2. The Labute approximate surface area is 161 Å². The Morgan fingerprint density at radius 1 is 1.11 bits per heavy atom. The average Bonchev–Trinajstić information content (AvgIpc) is 2.68. The van der Waals surface area contributed by atoms with E-state index in [4.69, 9.17) is 0 Å². The van der Waals surface area contributed by atoms with Gasteiger partial charge < -0.3 is 5.32 Å². The van der Waals surface area contributed by atoms with Crippen molar-refractivity contribution in [1.29, 1.82) is 0 Å². The number of thioether (sulfide) groups is 1. The number of rotatable bonds is 6. The smallest absolute Gasteiger partial charge is 0.278 e. The second-order valence-corrected chi connectivity index (χ2v) is 7.18. The number of hydrogen-bond acceptors (Lipinski definition) is 5. The van der Waals surface area contributed by atoms with Crippen LogP contribution in [-0.4, -0.2) is 26.3 Å². The van der Waals surface area contributed by atoms with Gasteiger partial charge in [-0.2, -0.15) is 0 Å². The number of benzene rings is 2. The third kappa shape index (κ3) is 4.62. The molecule has 0 spiro atoms. The number of carbonyl (C=O) groups is 1. The van der Waals surface area contributed by atoms with Crippen LogP contribution in [-0.2, 0) is 4.79 Å². The number of aromatic amines is 1. The van der Waals surface area contributed by atoms with Gasteiger partial charge in [-0.3, -0.25) is 14.6 Å². The first kappa shape index (κ1) is 18.8. The zero-order chi connectivity index (χ0) is 19.2. The van der Waals surface area contributed by atoms with Crippen LogP contribution in [0.5, 0.6) is 0 Å². The Hall–Kier alpha value is -2.93. The fraction of sp³-hybridized carbons (Fsp3) is 0.200. The van der Waals surface area contributed by atoms with E-state index >= 15 is 0 Å². The highest BCUT2D eigenvalue weighted by Crippen LogP contribution is 2.24. The van der Waals surface area contributed by atoms with Gasteiger partial charge >= 0.3 is 0 Å². The molecule has 7 heteroatoms. The van der Waals surface area contributed by atoms with Crippen molar-refractivity contribution in [3.63, 3.8) is 0 Å². The SMILES string of the molecule is CCC(Sc1nnc(-c2ccccc2)c(=O)[nH]1)C(=O)Nc1ccccc1C. The Bertz CT molecular complexity index is 989. The first-order valence-corrected chi connectivity index (χ1v) is 9.52. The van der Waals surface area contributed by atoms with E-state index in [1.807, 2.05) is 56.3 Å². The minimum absolute atomic E-state index is 0.133. The average molecular weight is 380 g/mol. The monoisotopic (exact) mass is 380 g/mol. The molecule has 0 fully saturated rings. The van der Waals surface area contributed by atoms with E-state index in [-0.39, 0.29) is 17.2 Å². The maximum atomic E-state index is 12.6. The Morgan fingerprint density at radius 3 is 2.48 bits per heavy atom. The number of aromatic nitrogens is 3. The minimum atomic E-state index is -0.392. The summed E-state index contributed by atoms with van der Waals surface area (Å²) in [6, 6.07) is 16.7. The van der Waals surface area contributed by atoms with E-state index < -0.39 is 5.25 Å². The summed E-state index contributed by atoms with van der Waals surface area (Å²) in [5.74, 6) is -0.133. The summed E-state index contributed by atoms with van der Waals surface area (Å²) in [7, 11) is 0. The van der Waals surface area contributed by atoms with Crippen LogP contribution in [0.4, 0.5) is 5.69 Å². The predicted molar refractivity (Wildman–Crippen MR) is 108 cm³/mol. The first-order valence-electron chi connectivity index (χ1n) is 8.64. The van der Waals surface area contributed by atoms with Gasteiger partial charge in [-0.05, 0) is 25.0 Å². The second kappa shape index (κ2) is 8.64. The van der Waals surface area contributed by atoms with Crippen LogP contribution in [0.15, 0.2) is 64.5 Å².